The number of rotatable bonds is 8. The predicted molar refractivity (Wildman–Crippen MR) is 126 cm³/mol. The molecule has 158 valence electrons. The van der Waals surface area contributed by atoms with Crippen molar-refractivity contribution >= 4 is 22.5 Å². The average Bonchev–Trinajstić information content (AvgIpc) is 3.20. The average molecular weight is 414 g/mol. The van der Waals surface area contributed by atoms with Gasteiger partial charge in [-0.1, -0.05) is 54.6 Å². The maximum atomic E-state index is 13.3. The quantitative estimate of drug-likeness (QED) is 0.381. The summed E-state index contributed by atoms with van der Waals surface area (Å²) in [6.45, 7) is 2.66. The highest BCUT2D eigenvalue weighted by Crippen LogP contribution is 2.27. The van der Waals surface area contributed by atoms with Crippen LogP contribution in [0, 0.1) is 6.92 Å². The van der Waals surface area contributed by atoms with Gasteiger partial charge < -0.3 is 20.4 Å². The first-order chi connectivity index (χ1) is 15.2. The number of fused-ring (bicyclic) bond motifs is 1. The van der Waals surface area contributed by atoms with Gasteiger partial charge in [0.1, 0.15) is 11.8 Å². The molecule has 0 bridgehead atoms. The van der Waals surface area contributed by atoms with Gasteiger partial charge in [0.25, 0.3) is 0 Å². The Labute approximate surface area is 182 Å². The predicted octanol–water partition coefficient (Wildman–Crippen LogP) is 5.00. The highest BCUT2D eigenvalue weighted by Gasteiger charge is 2.21. The molecule has 0 aliphatic carbocycles. The Hall–Kier alpha value is -3.57. The van der Waals surface area contributed by atoms with Gasteiger partial charge >= 0.3 is 0 Å². The molecule has 0 saturated carbocycles. The largest absolute Gasteiger partial charge is 0.495 e. The van der Waals surface area contributed by atoms with E-state index in [0.29, 0.717) is 18.0 Å². The third-order valence-electron chi connectivity index (χ3n) is 5.43. The van der Waals surface area contributed by atoms with Crippen LogP contribution in [-0.2, 0) is 11.2 Å². The fraction of sp³-hybridized carbons (Fsp3) is 0.192. The van der Waals surface area contributed by atoms with Crippen LogP contribution in [0.1, 0.15) is 22.7 Å². The van der Waals surface area contributed by atoms with E-state index in [-0.39, 0.29) is 5.91 Å². The second-order valence-corrected chi connectivity index (χ2v) is 7.60. The number of benzene rings is 3. The lowest BCUT2D eigenvalue weighted by molar-refractivity contribution is -0.118. The van der Waals surface area contributed by atoms with E-state index in [9.17, 15) is 4.79 Å². The molecule has 31 heavy (non-hydrogen) atoms. The zero-order valence-corrected chi connectivity index (χ0v) is 17.8. The molecular formula is C26H27N3O2. The van der Waals surface area contributed by atoms with E-state index in [2.05, 4.69) is 27.8 Å². The minimum atomic E-state index is -0.475. The van der Waals surface area contributed by atoms with E-state index in [0.717, 1.165) is 23.1 Å². The van der Waals surface area contributed by atoms with Crippen LogP contribution in [0.5, 0.6) is 5.75 Å². The molecule has 3 aromatic carbocycles. The summed E-state index contributed by atoms with van der Waals surface area (Å²) in [4.78, 5) is 16.6. The van der Waals surface area contributed by atoms with Crippen molar-refractivity contribution in [1.82, 2.24) is 10.3 Å². The Bertz CT molecular complexity index is 1170. The molecule has 0 saturated heterocycles. The number of hydrogen-bond acceptors (Lipinski definition) is 3. The SMILES string of the molecule is COc1ccc(C)cc1NC(=O)[C@H](NCCc1c[nH]c2ccccc12)c1ccccc1. The molecule has 0 aliphatic heterocycles. The second kappa shape index (κ2) is 9.49. The molecule has 1 atom stereocenters. The number of carbonyl (C=O) groups is 1. The van der Waals surface area contributed by atoms with E-state index in [4.69, 9.17) is 4.74 Å². The van der Waals surface area contributed by atoms with Gasteiger partial charge in [0, 0.05) is 23.6 Å². The Morgan fingerprint density at radius 1 is 1.03 bits per heavy atom. The third-order valence-corrected chi connectivity index (χ3v) is 5.43. The number of methoxy groups -OCH3 is 1. The molecule has 0 fully saturated rings. The Kier molecular flexibility index (Phi) is 6.34. The minimum absolute atomic E-state index is 0.117. The lowest BCUT2D eigenvalue weighted by Crippen LogP contribution is -2.34. The molecule has 5 nitrogen and oxygen atoms in total. The van der Waals surface area contributed by atoms with Crippen molar-refractivity contribution < 1.29 is 9.53 Å². The number of carbonyl (C=O) groups excluding carboxylic acids is 1. The number of hydrogen-bond donors (Lipinski definition) is 3. The van der Waals surface area contributed by atoms with Crippen molar-refractivity contribution in [1.29, 1.82) is 0 Å². The minimum Gasteiger partial charge on any atom is -0.495 e. The molecular weight excluding hydrogens is 386 g/mol. The number of aromatic amines is 1. The van der Waals surface area contributed by atoms with E-state index in [1.807, 2.05) is 73.8 Å². The maximum absolute atomic E-state index is 13.3. The zero-order valence-electron chi connectivity index (χ0n) is 17.8. The van der Waals surface area contributed by atoms with Gasteiger partial charge in [-0.05, 0) is 48.2 Å². The fourth-order valence-electron chi connectivity index (χ4n) is 3.82. The first-order valence-corrected chi connectivity index (χ1v) is 10.4. The molecule has 1 aromatic heterocycles. The fourth-order valence-corrected chi connectivity index (χ4v) is 3.82. The first kappa shape index (κ1) is 20.7. The summed E-state index contributed by atoms with van der Waals surface area (Å²) in [5.74, 6) is 0.526. The summed E-state index contributed by atoms with van der Waals surface area (Å²) in [7, 11) is 1.61. The number of H-pyrrole nitrogens is 1. The van der Waals surface area contributed by atoms with E-state index >= 15 is 0 Å². The zero-order chi connectivity index (χ0) is 21.6. The van der Waals surface area contributed by atoms with E-state index < -0.39 is 6.04 Å². The Morgan fingerprint density at radius 3 is 2.61 bits per heavy atom. The molecule has 0 radical (unpaired) electrons. The summed E-state index contributed by atoms with van der Waals surface area (Å²) in [5, 5.41) is 7.70. The van der Waals surface area contributed by atoms with Crippen LogP contribution < -0.4 is 15.4 Å². The number of aryl methyl sites for hydroxylation is 1. The van der Waals surface area contributed by atoms with Crippen molar-refractivity contribution in [3.8, 4) is 5.75 Å². The van der Waals surface area contributed by atoms with Crippen LogP contribution in [0.3, 0.4) is 0 Å². The molecule has 1 amide bonds. The highest BCUT2D eigenvalue weighted by molar-refractivity contribution is 5.96. The molecule has 4 aromatic rings. The Balaban J connectivity index is 1.51. The van der Waals surface area contributed by atoms with Gasteiger partial charge in [-0.3, -0.25) is 4.79 Å². The molecule has 0 aliphatic rings. The molecule has 0 spiro atoms. The summed E-state index contributed by atoms with van der Waals surface area (Å²) in [6, 6.07) is 23.3. The number of nitrogens with one attached hydrogen (secondary N) is 3. The Morgan fingerprint density at radius 2 is 1.81 bits per heavy atom. The van der Waals surface area contributed by atoms with Crippen LogP contribution in [0.2, 0.25) is 0 Å². The summed E-state index contributed by atoms with van der Waals surface area (Å²) in [6.07, 6.45) is 2.86. The molecule has 3 N–H and O–H groups in total. The molecule has 5 heteroatoms. The topological polar surface area (TPSA) is 66.2 Å². The molecule has 1 heterocycles. The van der Waals surface area contributed by atoms with E-state index in [1.54, 1.807) is 7.11 Å². The van der Waals surface area contributed by atoms with Crippen LogP contribution in [0.25, 0.3) is 10.9 Å². The van der Waals surface area contributed by atoms with Gasteiger partial charge in [0.05, 0.1) is 12.8 Å². The van der Waals surface area contributed by atoms with Crippen molar-refractivity contribution in [2.45, 2.75) is 19.4 Å². The third kappa shape index (κ3) is 4.78. The van der Waals surface area contributed by atoms with E-state index in [1.165, 1.54) is 10.9 Å². The van der Waals surface area contributed by atoms with Crippen molar-refractivity contribution in [2.24, 2.45) is 0 Å². The highest BCUT2D eigenvalue weighted by atomic mass is 16.5. The van der Waals surface area contributed by atoms with Crippen LogP contribution in [-0.4, -0.2) is 24.5 Å². The van der Waals surface area contributed by atoms with Gasteiger partial charge in [-0.25, -0.2) is 0 Å². The van der Waals surface area contributed by atoms with Crippen molar-refractivity contribution in [3.63, 3.8) is 0 Å². The lowest BCUT2D eigenvalue weighted by atomic mass is 10.0. The summed E-state index contributed by atoms with van der Waals surface area (Å²) >= 11 is 0. The number of ether oxygens (including phenoxy) is 1. The van der Waals surface area contributed by atoms with Gasteiger partial charge in [-0.2, -0.15) is 0 Å². The molecule has 4 rings (SSSR count). The first-order valence-electron chi connectivity index (χ1n) is 10.4. The number of anilines is 1. The molecule has 0 unspecified atom stereocenters. The number of amides is 1. The van der Waals surface area contributed by atoms with Crippen LogP contribution >= 0.6 is 0 Å². The van der Waals surface area contributed by atoms with Gasteiger partial charge in [0.2, 0.25) is 5.91 Å². The van der Waals surface area contributed by atoms with Gasteiger partial charge in [0.15, 0.2) is 0 Å². The lowest BCUT2D eigenvalue weighted by Gasteiger charge is -2.20. The van der Waals surface area contributed by atoms with Crippen molar-refractivity contribution in [2.75, 3.05) is 19.0 Å². The monoisotopic (exact) mass is 413 g/mol. The standard InChI is InChI=1S/C26H27N3O2/c1-18-12-13-24(31-2)23(16-18)29-26(30)25(19-8-4-3-5-9-19)27-15-14-20-17-28-22-11-7-6-10-21(20)22/h3-13,16-17,25,27-28H,14-15H2,1-2H3,(H,29,30)/t25-/m1/s1. The second-order valence-electron chi connectivity index (χ2n) is 7.60. The smallest absolute Gasteiger partial charge is 0.246 e. The van der Waals surface area contributed by atoms with Crippen LogP contribution in [0.15, 0.2) is 79.0 Å². The summed E-state index contributed by atoms with van der Waals surface area (Å²) in [5.41, 5.74) is 5.01. The normalized spacial score (nSPS) is 11.9. The number of para-hydroxylation sites is 1. The number of aromatic nitrogens is 1. The maximum Gasteiger partial charge on any atom is 0.246 e. The van der Waals surface area contributed by atoms with Gasteiger partial charge in [-0.15, -0.1) is 0 Å². The van der Waals surface area contributed by atoms with Crippen LogP contribution in [0.4, 0.5) is 5.69 Å². The van der Waals surface area contributed by atoms with Crippen molar-refractivity contribution in [3.05, 3.63) is 95.7 Å². The summed E-state index contributed by atoms with van der Waals surface area (Å²) < 4.78 is 5.42.